The topological polar surface area (TPSA) is 50.9 Å². The molecular weight excluding hydrogens is 218 g/mol. The molecule has 0 aliphatic heterocycles. The predicted molar refractivity (Wildman–Crippen MR) is 67.1 cm³/mol. The maximum atomic E-state index is 5.62. The molecule has 0 radical (unpaired) electrons. The molecule has 16 heavy (non-hydrogen) atoms. The fourth-order valence-corrected chi connectivity index (χ4v) is 2.43. The molecule has 0 spiro atoms. The van der Waals surface area contributed by atoms with Crippen LogP contribution in [-0.4, -0.2) is 4.98 Å². The highest BCUT2D eigenvalue weighted by atomic mass is 32.1. The second-order valence-electron chi connectivity index (χ2n) is 3.79. The summed E-state index contributed by atoms with van der Waals surface area (Å²) in [7, 11) is 0. The molecule has 2 aromatic rings. The van der Waals surface area contributed by atoms with Gasteiger partial charge in [0.15, 0.2) is 0 Å². The summed E-state index contributed by atoms with van der Waals surface area (Å²) in [6, 6.07) is 4.26. The first-order valence-electron chi connectivity index (χ1n) is 5.19. The van der Waals surface area contributed by atoms with Crippen molar-refractivity contribution in [2.75, 3.05) is 0 Å². The van der Waals surface area contributed by atoms with Crippen molar-refractivity contribution in [1.82, 2.24) is 10.4 Å². The van der Waals surface area contributed by atoms with Crippen LogP contribution in [-0.2, 0) is 6.42 Å². The van der Waals surface area contributed by atoms with Crippen molar-refractivity contribution >= 4 is 11.3 Å². The van der Waals surface area contributed by atoms with Crippen LogP contribution in [0.5, 0.6) is 0 Å². The molecule has 2 rings (SSSR count). The smallest absolute Gasteiger partial charge is 0.0518 e. The fourth-order valence-electron chi connectivity index (χ4n) is 1.74. The SMILES string of the molecule is Cc1ccncc1C(Cc1ccsc1)NN. The van der Waals surface area contributed by atoms with Gasteiger partial charge in [-0.15, -0.1) is 0 Å². The van der Waals surface area contributed by atoms with Gasteiger partial charge in [-0.2, -0.15) is 11.3 Å². The summed E-state index contributed by atoms with van der Waals surface area (Å²) in [6.07, 6.45) is 4.58. The first-order valence-corrected chi connectivity index (χ1v) is 6.13. The van der Waals surface area contributed by atoms with Gasteiger partial charge < -0.3 is 0 Å². The van der Waals surface area contributed by atoms with Crippen molar-refractivity contribution in [2.45, 2.75) is 19.4 Å². The Labute approximate surface area is 99.3 Å². The lowest BCUT2D eigenvalue weighted by molar-refractivity contribution is 0.548. The number of hydrazine groups is 1. The molecule has 1 unspecified atom stereocenters. The predicted octanol–water partition coefficient (Wildman–Crippen LogP) is 2.20. The van der Waals surface area contributed by atoms with E-state index in [1.54, 1.807) is 17.5 Å². The number of nitrogens with one attached hydrogen (secondary N) is 1. The summed E-state index contributed by atoms with van der Waals surface area (Å²) >= 11 is 1.71. The van der Waals surface area contributed by atoms with Crippen LogP contribution in [0.25, 0.3) is 0 Å². The van der Waals surface area contributed by atoms with E-state index in [4.69, 9.17) is 5.84 Å². The molecule has 0 amide bonds. The van der Waals surface area contributed by atoms with Crippen LogP contribution >= 0.6 is 11.3 Å². The molecule has 0 aromatic carbocycles. The summed E-state index contributed by atoms with van der Waals surface area (Å²) in [5, 5.41) is 4.23. The molecule has 0 saturated carbocycles. The quantitative estimate of drug-likeness (QED) is 0.629. The Morgan fingerprint density at radius 2 is 2.38 bits per heavy atom. The molecule has 0 saturated heterocycles. The van der Waals surface area contributed by atoms with Crippen LogP contribution in [0.4, 0.5) is 0 Å². The minimum absolute atomic E-state index is 0.128. The van der Waals surface area contributed by atoms with Gasteiger partial charge in [-0.1, -0.05) is 0 Å². The van der Waals surface area contributed by atoms with Crippen LogP contribution in [0, 0.1) is 6.92 Å². The molecule has 2 aromatic heterocycles. The lowest BCUT2D eigenvalue weighted by atomic mass is 9.99. The summed E-state index contributed by atoms with van der Waals surface area (Å²) in [5.74, 6) is 5.62. The minimum atomic E-state index is 0.128. The van der Waals surface area contributed by atoms with Gasteiger partial charge in [0.25, 0.3) is 0 Å². The monoisotopic (exact) mass is 233 g/mol. The molecule has 0 aliphatic rings. The molecule has 84 valence electrons. The van der Waals surface area contributed by atoms with Crippen molar-refractivity contribution in [1.29, 1.82) is 0 Å². The normalized spacial score (nSPS) is 12.6. The largest absolute Gasteiger partial charge is 0.271 e. The third-order valence-corrected chi connectivity index (χ3v) is 3.41. The molecule has 4 heteroatoms. The second-order valence-corrected chi connectivity index (χ2v) is 4.57. The molecule has 1 atom stereocenters. The number of thiophene rings is 1. The van der Waals surface area contributed by atoms with E-state index >= 15 is 0 Å². The van der Waals surface area contributed by atoms with E-state index in [0.717, 1.165) is 12.0 Å². The average molecular weight is 233 g/mol. The third-order valence-electron chi connectivity index (χ3n) is 2.68. The van der Waals surface area contributed by atoms with Crippen molar-refractivity contribution in [3.63, 3.8) is 0 Å². The van der Waals surface area contributed by atoms with Crippen molar-refractivity contribution in [3.05, 3.63) is 52.0 Å². The van der Waals surface area contributed by atoms with Crippen LogP contribution in [0.15, 0.2) is 35.3 Å². The highest BCUT2D eigenvalue weighted by molar-refractivity contribution is 7.07. The summed E-state index contributed by atoms with van der Waals surface area (Å²) < 4.78 is 0. The Morgan fingerprint density at radius 3 is 3.00 bits per heavy atom. The molecule has 0 aliphatic carbocycles. The molecular formula is C12H15N3S. The Kier molecular flexibility index (Phi) is 3.66. The highest BCUT2D eigenvalue weighted by Gasteiger charge is 2.13. The Hall–Kier alpha value is -1.23. The first-order chi connectivity index (χ1) is 7.81. The van der Waals surface area contributed by atoms with Gasteiger partial charge in [0.05, 0.1) is 6.04 Å². The fraction of sp³-hybridized carbons (Fsp3) is 0.250. The van der Waals surface area contributed by atoms with E-state index in [9.17, 15) is 0 Å². The van der Waals surface area contributed by atoms with Gasteiger partial charge in [-0.25, -0.2) is 0 Å². The van der Waals surface area contributed by atoms with E-state index in [1.807, 2.05) is 12.3 Å². The van der Waals surface area contributed by atoms with E-state index < -0.39 is 0 Å². The number of hydrogen-bond donors (Lipinski definition) is 2. The van der Waals surface area contributed by atoms with Crippen molar-refractivity contribution in [2.24, 2.45) is 5.84 Å². The highest BCUT2D eigenvalue weighted by Crippen LogP contribution is 2.21. The maximum Gasteiger partial charge on any atom is 0.0518 e. The Morgan fingerprint density at radius 1 is 1.50 bits per heavy atom. The number of hydrogen-bond acceptors (Lipinski definition) is 4. The maximum absolute atomic E-state index is 5.62. The summed E-state index contributed by atoms with van der Waals surface area (Å²) in [4.78, 5) is 4.15. The van der Waals surface area contributed by atoms with Crippen molar-refractivity contribution < 1.29 is 0 Å². The zero-order valence-corrected chi connectivity index (χ0v) is 10.00. The standard InChI is InChI=1S/C12H15N3S/c1-9-2-4-14-7-11(9)12(15-13)6-10-3-5-16-8-10/h2-5,7-8,12,15H,6,13H2,1H3. The third kappa shape index (κ3) is 2.47. The molecule has 0 bridgehead atoms. The molecule has 3 nitrogen and oxygen atoms in total. The Bertz CT molecular complexity index is 439. The average Bonchev–Trinajstić information content (AvgIpc) is 2.80. The van der Waals surface area contributed by atoms with Gasteiger partial charge in [0.2, 0.25) is 0 Å². The Balaban J connectivity index is 2.20. The van der Waals surface area contributed by atoms with E-state index in [1.165, 1.54) is 11.1 Å². The van der Waals surface area contributed by atoms with E-state index in [0.29, 0.717) is 0 Å². The first kappa shape index (κ1) is 11.3. The van der Waals surface area contributed by atoms with Gasteiger partial charge in [-0.3, -0.25) is 16.3 Å². The van der Waals surface area contributed by atoms with Gasteiger partial charge in [-0.05, 0) is 52.9 Å². The lowest BCUT2D eigenvalue weighted by Crippen LogP contribution is -2.30. The lowest BCUT2D eigenvalue weighted by Gasteiger charge is -2.17. The van der Waals surface area contributed by atoms with Crippen LogP contribution in [0.2, 0.25) is 0 Å². The van der Waals surface area contributed by atoms with E-state index in [-0.39, 0.29) is 6.04 Å². The van der Waals surface area contributed by atoms with Gasteiger partial charge in [0.1, 0.15) is 0 Å². The van der Waals surface area contributed by atoms with Gasteiger partial charge in [0, 0.05) is 12.4 Å². The zero-order chi connectivity index (χ0) is 11.4. The summed E-state index contributed by atoms with van der Waals surface area (Å²) in [5.41, 5.74) is 6.54. The molecule has 0 fully saturated rings. The number of aromatic nitrogens is 1. The zero-order valence-electron chi connectivity index (χ0n) is 9.18. The van der Waals surface area contributed by atoms with Crippen LogP contribution < -0.4 is 11.3 Å². The minimum Gasteiger partial charge on any atom is -0.271 e. The number of pyridine rings is 1. The summed E-state index contributed by atoms with van der Waals surface area (Å²) in [6.45, 7) is 2.08. The number of rotatable bonds is 4. The molecule has 3 N–H and O–H groups in total. The number of nitrogens with two attached hydrogens (primary N) is 1. The second kappa shape index (κ2) is 5.21. The number of aryl methyl sites for hydroxylation is 1. The number of nitrogens with zero attached hydrogens (tertiary/aromatic N) is 1. The van der Waals surface area contributed by atoms with Crippen LogP contribution in [0.3, 0.4) is 0 Å². The van der Waals surface area contributed by atoms with Crippen molar-refractivity contribution in [3.8, 4) is 0 Å². The van der Waals surface area contributed by atoms with Gasteiger partial charge >= 0.3 is 0 Å². The molecule has 2 heterocycles. The van der Waals surface area contributed by atoms with E-state index in [2.05, 4.69) is 34.2 Å². The van der Waals surface area contributed by atoms with Crippen LogP contribution in [0.1, 0.15) is 22.7 Å².